The van der Waals surface area contributed by atoms with E-state index in [2.05, 4.69) is 5.32 Å². The van der Waals surface area contributed by atoms with Crippen molar-refractivity contribution in [1.29, 1.82) is 0 Å². The van der Waals surface area contributed by atoms with Gasteiger partial charge in [-0.25, -0.2) is 9.18 Å². The summed E-state index contributed by atoms with van der Waals surface area (Å²) in [6.07, 6.45) is 0.788. The van der Waals surface area contributed by atoms with Crippen molar-refractivity contribution in [3.05, 3.63) is 65.5 Å². The van der Waals surface area contributed by atoms with Crippen molar-refractivity contribution in [2.75, 3.05) is 5.32 Å². The third-order valence-corrected chi connectivity index (χ3v) is 4.06. The first-order valence-electron chi connectivity index (χ1n) is 8.13. The molecule has 132 valence electrons. The summed E-state index contributed by atoms with van der Waals surface area (Å²) in [4.78, 5) is 25.6. The van der Waals surface area contributed by atoms with Crippen LogP contribution in [0, 0.1) is 5.82 Å². The van der Waals surface area contributed by atoms with Crippen LogP contribution in [0.25, 0.3) is 0 Å². The molecule has 6 heteroatoms. The van der Waals surface area contributed by atoms with Crippen LogP contribution in [0.15, 0.2) is 48.5 Å². The molecule has 2 rings (SSSR count). The Labute approximate surface area is 146 Å². The van der Waals surface area contributed by atoms with Gasteiger partial charge in [-0.1, -0.05) is 37.3 Å². The molecule has 0 spiro atoms. The Bertz CT molecular complexity index is 750. The van der Waals surface area contributed by atoms with E-state index in [0.717, 1.165) is 18.1 Å². The van der Waals surface area contributed by atoms with Gasteiger partial charge >= 0.3 is 6.03 Å². The van der Waals surface area contributed by atoms with Gasteiger partial charge in [-0.05, 0) is 37.1 Å². The SMILES string of the molecule is CC[C@@H](C)N(Cc1ccccc1)C(=O)Nc1ccc(F)c(C(N)=O)c1. The summed E-state index contributed by atoms with van der Waals surface area (Å²) in [6.45, 7) is 4.41. The van der Waals surface area contributed by atoms with E-state index >= 15 is 0 Å². The van der Waals surface area contributed by atoms with E-state index in [1.165, 1.54) is 12.1 Å². The smallest absolute Gasteiger partial charge is 0.322 e. The normalized spacial score (nSPS) is 11.6. The summed E-state index contributed by atoms with van der Waals surface area (Å²) in [5, 5.41) is 2.71. The van der Waals surface area contributed by atoms with Crippen molar-refractivity contribution < 1.29 is 14.0 Å². The largest absolute Gasteiger partial charge is 0.366 e. The molecule has 0 radical (unpaired) electrons. The maximum Gasteiger partial charge on any atom is 0.322 e. The zero-order chi connectivity index (χ0) is 18.4. The number of hydrogen-bond acceptors (Lipinski definition) is 2. The summed E-state index contributed by atoms with van der Waals surface area (Å²) >= 11 is 0. The lowest BCUT2D eigenvalue weighted by molar-refractivity contribution is 0.0996. The zero-order valence-electron chi connectivity index (χ0n) is 14.3. The molecule has 3 amide bonds. The number of primary amides is 1. The fourth-order valence-corrected chi connectivity index (χ4v) is 2.42. The third-order valence-electron chi connectivity index (χ3n) is 4.06. The molecule has 3 N–H and O–H groups in total. The van der Waals surface area contributed by atoms with Gasteiger partial charge in [0.25, 0.3) is 5.91 Å². The van der Waals surface area contributed by atoms with Crippen molar-refractivity contribution >= 4 is 17.6 Å². The van der Waals surface area contributed by atoms with E-state index in [4.69, 9.17) is 5.73 Å². The summed E-state index contributed by atoms with van der Waals surface area (Å²) in [5.74, 6) is -1.59. The van der Waals surface area contributed by atoms with E-state index in [1.807, 2.05) is 44.2 Å². The highest BCUT2D eigenvalue weighted by molar-refractivity contribution is 5.96. The number of carbonyl (C=O) groups is 2. The van der Waals surface area contributed by atoms with Gasteiger partial charge in [-0.3, -0.25) is 4.79 Å². The second-order valence-corrected chi connectivity index (χ2v) is 5.86. The number of benzene rings is 2. The number of hydrogen-bond donors (Lipinski definition) is 2. The van der Waals surface area contributed by atoms with Gasteiger partial charge in [0.15, 0.2) is 0 Å². The number of urea groups is 1. The fourth-order valence-electron chi connectivity index (χ4n) is 2.42. The Balaban J connectivity index is 2.19. The number of rotatable bonds is 6. The van der Waals surface area contributed by atoms with Gasteiger partial charge in [0.2, 0.25) is 0 Å². The number of halogens is 1. The average Bonchev–Trinajstić information content (AvgIpc) is 2.61. The number of amides is 3. The van der Waals surface area contributed by atoms with Crippen LogP contribution >= 0.6 is 0 Å². The lowest BCUT2D eigenvalue weighted by Gasteiger charge is -2.29. The van der Waals surface area contributed by atoms with Crippen LogP contribution in [-0.2, 0) is 6.54 Å². The fraction of sp³-hybridized carbons (Fsp3) is 0.263. The molecule has 0 bridgehead atoms. The number of carbonyl (C=O) groups excluding carboxylic acids is 2. The van der Waals surface area contributed by atoms with Crippen LogP contribution in [0.3, 0.4) is 0 Å². The zero-order valence-corrected chi connectivity index (χ0v) is 14.3. The molecule has 0 unspecified atom stereocenters. The Morgan fingerprint density at radius 2 is 1.88 bits per heavy atom. The molecule has 0 saturated heterocycles. The average molecular weight is 343 g/mol. The summed E-state index contributed by atoms with van der Waals surface area (Å²) in [5.41, 5.74) is 6.22. The van der Waals surface area contributed by atoms with Crippen LogP contribution in [0.5, 0.6) is 0 Å². The minimum atomic E-state index is -0.878. The van der Waals surface area contributed by atoms with E-state index < -0.39 is 11.7 Å². The predicted octanol–water partition coefficient (Wildman–Crippen LogP) is 3.76. The summed E-state index contributed by atoms with van der Waals surface area (Å²) < 4.78 is 13.6. The highest BCUT2D eigenvalue weighted by Gasteiger charge is 2.20. The molecule has 25 heavy (non-hydrogen) atoms. The van der Waals surface area contributed by atoms with E-state index in [1.54, 1.807) is 4.90 Å². The molecule has 1 atom stereocenters. The maximum absolute atomic E-state index is 13.6. The molecule has 2 aromatic carbocycles. The third kappa shape index (κ3) is 4.79. The maximum atomic E-state index is 13.6. The number of nitrogens with two attached hydrogens (primary N) is 1. The van der Waals surface area contributed by atoms with Crippen molar-refractivity contribution in [2.45, 2.75) is 32.9 Å². The Hall–Kier alpha value is -2.89. The molecule has 0 aliphatic rings. The van der Waals surface area contributed by atoms with Gasteiger partial charge in [-0.15, -0.1) is 0 Å². The van der Waals surface area contributed by atoms with E-state index in [9.17, 15) is 14.0 Å². The van der Waals surface area contributed by atoms with Crippen LogP contribution in [-0.4, -0.2) is 22.9 Å². The minimum absolute atomic E-state index is 0.0104. The standard InChI is InChI=1S/C19H22FN3O2/c1-3-13(2)23(12-14-7-5-4-6-8-14)19(25)22-15-9-10-17(20)16(11-15)18(21)24/h4-11,13H,3,12H2,1-2H3,(H2,21,24)(H,22,25)/t13-/m1/s1. The highest BCUT2D eigenvalue weighted by atomic mass is 19.1. The van der Waals surface area contributed by atoms with Gasteiger partial charge < -0.3 is 16.0 Å². The lowest BCUT2D eigenvalue weighted by Crippen LogP contribution is -2.40. The molecule has 2 aromatic rings. The summed E-state index contributed by atoms with van der Waals surface area (Å²) in [7, 11) is 0. The molecule has 0 aromatic heterocycles. The van der Waals surface area contributed by atoms with Crippen LogP contribution < -0.4 is 11.1 Å². The predicted molar refractivity (Wildman–Crippen MR) is 95.7 cm³/mol. The topological polar surface area (TPSA) is 75.4 Å². The monoisotopic (exact) mass is 343 g/mol. The van der Waals surface area contributed by atoms with Crippen molar-refractivity contribution in [3.8, 4) is 0 Å². The Morgan fingerprint density at radius 1 is 1.20 bits per heavy atom. The van der Waals surface area contributed by atoms with Crippen molar-refractivity contribution in [2.24, 2.45) is 5.73 Å². The molecule has 0 aliphatic carbocycles. The second-order valence-electron chi connectivity index (χ2n) is 5.86. The number of nitrogens with zero attached hydrogens (tertiary/aromatic N) is 1. The van der Waals surface area contributed by atoms with E-state index in [0.29, 0.717) is 12.2 Å². The van der Waals surface area contributed by atoms with E-state index in [-0.39, 0.29) is 17.6 Å². The van der Waals surface area contributed by atoms with Gasteiger partial charge in [0, 0.05) is 18.3 Å². The molecule has 5 nitrogen and oxygen atoms in total. The van der Waals surface area contributed by atoms with Crippen molar-refractivity contribution in [3.63, 3.8) is 0 Å². The highest BCUT2D eigenvalue weighted by Crippen LogP contribution is 2.17. The van der Waals surface area contributed by atoms with Gasteiger partial charge in [0.05, 0.1) is 5.56 Å². The summed E-state index contributed by atoms with van der Waals surface area (Å²) in [6, 6.07) is 13.1. The van der Waals surface area contributed by atoms with Crippen LogP contribution in [0.1, 0.15) is 36.2 Å². The van der Waals surface area contributed by atoms with Gasteiger partial charge in [-0.2, -0.15) is 0 Å². The minimum Gasteiger partial charge on any atom is -0.366 e. The second kappa shape index (κ2) is 8.28. The number of nitrogens with one attached hydrogen (secondary N) is 1. The lowest BCUT2D eigenvalue weighted by atomic mass is 10.1. The van der Waals surface area contributed by atoms with Crippen molar-refractivity contribution in [1.82, 2.24) is 4.90 Å². The molecule has 0 heterocycles. The molecular weight excluding hydrogens is 321 g/mol. The number of anilines is 1. The first-order valence-corrected chi connectivity index (χ1v) is 8.13. The first kappa shape index (κ1) is 18.4. The molecule has 0 fully saturated rings. The molecule has 0 aliphatic heterocycles. The Kier molecular flexibility index (Phi) is 6.11. The quantitative estimate of drug-likeness (QED) is 0.838. The Morgan fingerprint density at radius 3 is 2.48 bits per heavy atom. The molecule has 0 saturated carbocycles. The van der Waals surface area contributed by atoms with Crippen LogP contribution in [0.2, 0.25) is 0 Å². The first-order chi connectivity index (χ1) is 11.9. The molecular formula is C19H22FN3O2. The van der Waals surface area contributed by atoms with Gasteiger partial charge in [0.1, 0.15) is 5.82 Å². The van der Waals surface area contributed by atoms with Crippen LogP contribution in [0.4, 0.5) is 14.9 Å².